The van der Waals surface area contributed by atoms with E-state index >= 15 is 0 Å². The van der Waals surface area contributed by atoms with Crippen LogP contribution >= 0.6 is 11.6 Å². The van der Waals surface area contributed by atoms with Gasteiger partial charge in [-0.2, -0.15) is 0 Å². The summed E-state index contributed by atoms with van der Waals surface area (Å²) in [5, 5.41) is 5.16. The van der Waals surface area contributed by atoms with E-state index < -0.39 is 11.8 Å². The Morgan fingerprint density at radius 2 is 2.00 bits per heavy atom. The van der Waals surface area contributed by atoms with Gasteiger partial charge in [-0.25, -0.2) is 4.98 Å². The summed E-state index contributed by atoms with van der Waals surface area (Å²) in [6.07, 6.45) is 2.31. The minimum absolute atomic E-state index is 0.153. The minimum atomic E-state index is -0.743. The molecular weight excluding hydrogens is 292 g/mol. The third-order valence-corrected chi connectivity index (χ3v) is 3.35. The first kappa shape index (κ1) is 17.4. The molecule has 0 aliphatic rings. The van der Waals surface area contributed by atoms with Gasteiger partial charge in [-0.3, -0.25) is 9.59 Å². The van der Waals surface area contributed by atoms with Gasteiger partial charge >= 0.3 is 11.8 Å². The average Bonchev–Trinajstić information content (AvgIpc) is 2.49. The number of nitrogens with zero attached hydrogens (tertiary/aromatic N) is 2. The molecule has 0 aliphatic heterocycles. The van der Waals surface area contributed by atoms with Crippen molar-refractivity contribution in [1.29, 1.82) is 0 Å². The Balaban J connectivity index is 2.32. The van der Waals surface area contributed by atoms with E-state index in [0.29, 0.717) is 12.2 Å². The van der Waals surface area contributed by atoms with Gasteiger partial charge in [-0.15, -0.1) is 0 Å². The number of carbonyl (C=O) groups is 2. The SMILES string of the molecule is CCN(CC)CCCNC(=O)C(=O)Nc1cccnc1Cl. The van der Waals surface area contributed by atoms with Crippen molar-refractivity contribution in [2.24, 2.45) is 0 Å². The van der Waals surface area contributed by atoms with Crippen LogP contribution in [0.4, 0.5) is 5.69 Å². The van der Waals surface area contributed by atoms with Crippen LogP contribution in [0.15, 0.2) is 18.3 Å². The zero-order chi connectivity index (χ0) is 15.7. The molecule has 0 atom stereocenters. The average molecular weight is 313 g/mol. The van der Waals surface area contributed by atoms with Gasteiger partial charge in [0.1, 0.15) is 0 Å². The van der Waals surface area contributed by atoms with Crippen LogP contribution in [0.1, 0.15) is 20.3 Å². The fourth-order valence-corrected chi connectivity index (χ4v) is 1.95. The second kappa shape index (κ2) is 9.31. The van der Waals surface area contributed by atoms with Crippen LogP contribution in [-0.4, -0.2) is 47.9 Å². The van der Waals surface area contributed by atoms with Gasteiger partial charge in [0.05, 0.1) is 5.69 Å². The lowest BCUT2D eigenvalue weighted by Crippen LogP contribution is -2.37. The molecule has 0 bridgehead atoms. The lowest BCUT2D eigenvalue weighted by molar-refractivity contribution is -0.136. The second-order valence-electron chi connectivity index (χ2n) is 4.43. The van der Waals surface area contributed by atoms with Crippen LogP contribution < -0.4 is 10.6 Å². The molecule has 2 amide bonds. The van der Waals surface area contributed by atoms with Crippen molar-refractivity contribution in [2.45, 2.75) is 20.3 Å². The Morgan fingerprint density at radius 1 is 1.29 bits per heavy atom. The number of aromatic nitrogens is 1. The number of hydrogen-bond acceptors (Lipinski definition) is 4. The van der Waals surface area contributed by atoms with Gasteiger partial charge in [-0.05, 0) is 38.2 Å². The van der Waals surface area contributed by atoms with E-state index in [-0.39, 0.29) is 5.15 Å². The molecular formula is C14H21ClN4O2. The number of halogens is 1. The molecule has 6 nitrogen and oxygen atoms in total. The van der Waals surface area contributed by atoms with Gasteiger partial charge in [0.2, 0.25) is 0 Å². The highest BCUT2D eigenvalue weighted by Crippen LogP contribution is 2.16. The molecule has 1 rings (SSSR count). The Kier molecular flexibility index (Phi) is 7.71. The molecule has 7 heteroatoms. The summed E-state index contributed by atoms with van der Waals surface area (Å²) < 4.78 is 0. The minimum Gasteiger partial charge on any atom is -0.348 e. The topological polar surface area (TPSA) is 74.3 Å². The van der Waals surface area contributed by atoms with Crippen LogP contribution in [-0.2, 0) is 9.59 Å². The highest BCUT2D eigenvalue weighted by Gasteiger charge is 2.14. The van der Waals surface area contributed by atoms with E-state index in [1.807, 2.05) is 0 Å². The Labute approximate surface area is 129 Å². The summed E-state index contributed by atoms with van der Waals surface area (Å²) >= 11 is 5.80. The molecule has 0 aliphatic carbocycles. The maximum absolute atomic E-state index is 11.7. The summed E-state index contributed by atoms with van der Waals surface area (Å²) in [6.45, 7) is 7.49. The third kappa shape index (κ3) is 6.10. The Hall–Kier alpha value is -1.66. The van der Waals surface area contributed by atoms with Crippen LogP contribution in [0.3, 0.4) is 0 Å². The van der Waals surface area contributed by atoms with Crippen LogP contribution in [0, 0.1) is 0 Å². The Bertz CT molecular complexity index is 478. The first-order valence-corrected chi connectivity index (χ1v) is 7.38. The van der Waals surface area contributed by atoms with E-state index in [1.54, 1.807) is 12.1 Å². The number of carbonyl (C=O) groups excluding carboxylic acids is 2. The maximum Gasteiger partial charge on any atom is 0.313 e. The van der Waals surface area contributed by atoms with Crippen LogP contribution in [0.2, 0.25) is 5.15 Å². The normalized spacial score (nSPS) is 10.5. The standard InChI is InChI=1S/C14H21ClN4O2/c1-3-19(4-2)10-6-9-17-13(20)14(21)18-11-7-5-8-16-12(11)15/h5,7-8H,3-4,6,9-10H2,1-2H3,(H,17,20)(H,18,21). The van der Waals surface area contributed by atoms with Crippen molar-refractivity contribution in [2.75, 3.05) is 31.5 Å². The van der Waals surface area contributed by atoms with Gasteiger partial charge in [0.25, 0.3) is 0 Å². The number of rotatable bonds is 7. The summed E-state index contributed by atoms with van der Waals surface area (Å²) in [7, 11) is 0. The molecule has 0 fully saturated rings. The van der Waals surface area contributed by atoms with Crippen molar-refractivity contribution in [3.63, 3.8) is 0 Å². The van der Waals surface area contributed by atoms with Crippen molar-refractivity contribution >= 4 is 29.1 Å². The number of amides is 2. The van der Waals surface area contributed by atoms with Gasteiger partial charge < -0.3 is 15.5 Å². The van der Waals surface area contributed by atoms with Crippen molar-refractivity contribution in [3.05, 3.63) is 23.5 Å². The molecule has 0 unspecified atom stereocenters. The molecule has 21 heavy (non-hydrogen) atoms. The fraction of sp³-hybridized carbons (Fsp3) is 0.500. The summed E-state index contributed by atoms with van der Waals surface area (Å²) in [6, 6.07) is 3.21. The molecule has 0 aromatic carbocycles. The van der Waals surface area contributed by atoms with Crippen molar-refractivity contribution in [1.82, 2.24) is 15.2 Å². The quantitative estimate of drug-likeness (QED) is 0.455. The predicted molar refractivity (Wildman–Crippen MR) is 83.3 cm³/mol. The Morgan fingerprint density at radius 3 is 2.62 bits per heavy atom. The molecule has 116 valence electrons. The lowest BCUT2D eigenvalue weighted by Gasteiger charge is -2.17. The maximum atomic E-state index is 11.7. The van der Waals surface area contributed by atoms with E-state index in [0.717, 1.165) is 26.1 Å². The van der Waals surface area contributed by atoms with Crippen LogP contribution in [0.25, 0.3) is 0 Å². The second-order valence-corrected chi connectivity index (χ2v) is 4.79. The lowest BCUT2D eigenvalue weighted by atomic mass is 10.3. The predicted octanol–water partition coefficient (Wildman–Crippen LogP) is 1.52. The largest absolute Gasteiger partial charge is 0.348 e. The number of hydrogen-bond donors (Lipinski definition) is 2. The van der Waals surface area contributed by atoms with E-state index in [4.69, 9.17) is 11.6 Å². The zero-order valence-electron chi connectivity index (χ0n) is 12.4. The zero-order valence-corrected chi connectivity index (χ0v) is 13.1. The van der Waals surface area contributed by atoms with E-state index in [2.05, 4.69) is 34.4 Å². The molecule has 1 aromatic heterocycles. The number of pyridine rings is 1. The molecule has 0 saturated carbocycles. The smallest absolute Gasteiger partial charge is 0.313 e. The molecule has 1 aromatic rings. The van der Waals surface area contributed by atoms with Gasteiger partial charge in [-0.1, -0.05) is 25.4 Å². The van der Waals surface area contributed by atoms with Gasteiger partial charge in [0.15, 0.2) is 5.15 Å². The molecule has 0 spiro atoms. The van der Waals surface area contributed by atoms with Crippen molar-refractivity contribution < 1.29 is 9.59 Å². The van der Waals surface area contributed by atoms with E-state index in [1.165, 1.54) is 6.20 Å². The first-order valence-electron chi connectivity index (χ1n) is 7.00. The summed E-state index contributed by atoms with van der Waals surface area (Å²) in [5.41, 5.74) is 0.322. The molecule has 0 radical (unpaired) electrons. The molecule has 1 heterocycles. The first-order chi connectivity index (χ1) is 10.1. The van der Waals surface area contributed by atoms with Crippen molar-refractivity contribution in [3.8, 4) is 0 Å². The summed E-state index contributed by atoms with van der Waals surface area (Å²) in [5.74, 6) is -1.41. The number of anilines is 1. The van der Waals surface area contributed by atoms with Gasteiger partial charge in [0, 0.05) is 12.7 Å². The molecule has 0 saturated heterocycles. The highest BCUT2D eigenvalue weighted by atomic mass is 35.5. The summed E-state index contributed by atoms with van der Waals surface area (Å²) in [4.78, 5) is 29.4. The number of nitrogens with one attached hydrogen (secondary N) is 2. The van der Waals surface area contributed by atoms with Crippen LogP contribution in [0.5, 0.6) is 0 Å². The third-order valence-electron chi connectivity index (χ3n) is 3.04. The highest BCUT2D eigenvalue weighted by molar-refractivity contribution is 6.41. The molecule has 2 N–H and O–H groups in total. The monoisotopic (exact) mass is 312 g/mol. The van der Waals surface area contributed by atoms with E-state index in [9.17, 15) is 9.59 Å². The fourth-order valence-electron chi connectivity index (χ4n) is 1.78.